The molecule has 0 rings (SSSR count). The maximum absolute atomic E-state index is 4.99. The van der Waals surface area contributed by atoms with Gasteiger partial charge < -0.3 is 4.90 Å². The number of aliphatic imine (C=N–C) groups is 1. The SMILES string of the molecule is CCCCCC(=NCCCC)N(CCCCC)CCCCC. The minimum Gasteiger partial charge on any atom is -0.360 e. The first-order chi connectivity index (χ1) is 10.8. The molecule has 0 saturated heterocycles. The third-order valence-corrected chi connectivity index (χ3v) is 4.24. The average Bonchev–Trinajstić information content (AvgIpc) is 2.53. The zero-order valence-electron chi connectivity index (χ0n) is 16.0. The summed E-state index contributed by atoms with van der Waals surface area (Å²) in [6.45, 7) is 12.6. The van der Waals surface area contributed by atoms with Crippen LogP contribution in [0.25, 0.3) is 0 Å². The molecule has 0 aliphatic rings. The number of hydrogen-bond donors (Lipinski definition) is 0. The second-order valence-corrected chi connectivity index (χ2v) is 6.51. The Morgan fingerprint density at radius 1 is 0.636 bits per heavy atom. The van der Waals surface area contributed by atoms with Crippen molar-refractivity contribution in [3.05, 3.63) is 0 Å². The fourth-order valence-electron chi connectivity index (χ4n) is 2.71. The fraction of sp³-hybridized carbons (Fsp3) is 0.950. The van der Waals surface area contributed by atoms with Crippen molar-refractivity contribution in [2.45, 2.75) is 105 Å². The first-order valence-corrected chi connectivity index (χ1v) is 10.1. The Balaban J connectivity index is 4.59. The summed E-state index contributed by atoms with van der Waals surface area (Å²) in [5.74, 6) is 1.41. The normalized spacial score (nSPS) is 11.9. The first kappa shape index (κ1) is 21.5. The highest BCUT2D eigenvalue weighted by atomic mass is 15.2. The Morgan fingerprint density at radius 3 is 1.64 bits per heavy atom. The Bertz CT molecular complexity index is 238. The highest BCUT2D eigenvalue weighted by molar-refractivity contribution is 5.82. The third kappa shape index (κ3) is 12.1. The van der Waals surface area contributed by atoms with Crippen LogP contribution in [0.5, 0.6) is 0 Å². The van der Waals surface area contributed by atoms with Gasteiger partial charge in [-0.25, -0.2) is 0 Å². The van der Waals surface area contributed by atoms with Crippen LogP contribution in [0.15, 0.2) is 4.99 Å². The molecule has 0 radical (unpaired) electrons. The summed E-state index contributed by atoms with van der Waals surface area (Å²) in [6.07, 6.45) is 15.6. The monoisotopic (exact) mass is 310 g/mol. The standard InChI is InChI=1S/C20H42N2/c1-5-9-13-16-20(21-17-12-8-4)22(18-14-10-6-2)19-15-11-7-3/h5-19H2,1-4H3. The number of amidine groups is 1. The van der Waals surface area contributed by atoms with Crippen molar-refractivity contribution in [2.75, 3.05) is 19.6 Å². The molecule has 0 aliphatic heterocycles. The van der Waals surface area contributed by atoms with Crippen LogP contribution in [0.1, 0.15) is 105 Å². The van der Waals surface area contributed by atoms with E-state index in [-0.39, 0.29) is 0 Å². The van der Waals surface area contributed by atoms with Crippen LogP contribution in [0.2, 0.25) is 0 Å². The van der Waals surface area contributed by atoms with Crippen LogP contribution in [0.4, 0.5) is 0 Å². The molecule has 0 bridgehead atoms. The van der Waals surface area contributed by atoms with Crippen molar-refractivity contribution in [1.82, 2.24) is 4.90 Å². The maximum Gasteiger partial charge on any atom is 0.0988 e. The minimum atomic E-state index is 1.02. The molecule has 0 N–H and O–H groups in total. The van der Waals surface area contributed by atoms with E-state index < -0.39 is 0 Å². The van der Waals surface area contributed by atoms with Crippen molar-refractivity contribution >= 4 is 5.84 Å². The van der Waals surface area contributed by atoms with Gasteiger partial charge in [0.1, 0.15) is 0 Å². The van der Waals surface area contributed by atoms with E-state index in [0.29, 0.717) is 0 Å². The summed E-state index contributed by atoms with van der Waals surface area (Å²) < 4.78 is 0. The summed E-state index contributed by atoms with van der Waals surface area (Å²) >= 11 is 0. The van der Waals surface area contributed by atoms with Gasteiger partial charge in [0.2, 0.25) is 0 Å². The number of unbranched alkanes of at least 4 members (excludes halogenated alkanes) is 7. The molecule has 2 nitrogen and oxygen atoms in total. The van der Waals surface area contributed by atoms with Gasteiger partial charge in [0.25, 0.3) is 0 Å². The van der Waals surface area contributed by atoms with Gasteiger partial charge in [0, 0.05) is 26.1 Å². The molecular weight excluding hydrogens is 268 g/mol. The molecule has 0 fully saturated rings. The molecule has 132 valence electrons. The van der Waals surface area contributed by atoms with Crippen LogP contribution in [0.3, 0.4) is 0 Å². The summed E-state index contributed by atoms with van der Waals surface area (Å²) in [4.78, 5) is 7.61. The second-order valence-electron chi connectivity index (χ2n) is 6.51. The molecule has 0 spiro atoms. The van der Waals surface area contributed by atoms with Gasteiger partial charge in [0.05, 0.1) is 5.84 Å². The van der Waals surface area contributed by atoms with E-state index in [9.17, 15) is 0 Å². The Morgan fingerprint density at radius 2 is 1.14 bits per heavy atom. The average molecular weight is 311 g/mol. The molecule has 22 heavy (non-hydrogen) atoms. The molecule has 0 aliphatic carbocycles. The third-order valence-electron chi connectivity index (χ3n) is 4.24. The van der Waals surface area contributed by atoms with Crippen LogP contribution in [0, 0.1) is 0 Å². The molecule has 0 atom stereocenters. The predicted molar refractivity (Wildman–Crippen MR) is 102 cm³/mol. The molecule has 0 amide bonds. The second kappa shape index (κ2) is 16.8. The molecule has 0 saturated carbocycles. The van der Waals surface area contributed by atoms with E-state index in [2.05, 4.69) is 32.6 Å². The molecule has 0 heterocycles. The fourth-order valence-corrected chi connectivity index (χ4v) is 2.71. The molecule has 0 aromatic rings. The first-order valence-electron chi connectivity index (χ1n) is 10.1. The highest BCUT2D eigenvalue weighted by Gasteiger charge is 2.10. The zero-order valence-corrected chi connectivity index (χ0v) is 16.0. The van der Waals surface area contributed by atoms with E-state index >= 15 is 0 Å². The Hall–Kier alpha value is -0.530. The van der Waals surface area contributed by atoms with E-state index in [1.165, 1.54) is 96.0 Å². The summed E-state index contributed by atoms with van der Waals surface area (Å²) in [5.41, 5.74) is 0. The maximum atomic E-state index is 4.99. The highest BCUT2D eigenvalue weighted by Crippen LogP contribution is 2.10. The lowest BCUT2D eigenvalue weighted by Crippen LogP contribution is -2.33. The number of nitrogens with zero attached hydrogens (tertiary/aromatic N) is 2. The van der Waals surface area contributed by atoms with Crippen LogP contribution in [-0.4, -0.2) is 30.4 Å². The van der Waals surface area contributed by atoms with E-state index in [1.807, 2.05) is 0 Å². The lowest BCUT2D eigenvalue weighted by molar-refractivity contribution is 0.380. The van der Waals surface area contributed by atoms with Crippen molar-refractivity contribution in [1.29, 1.82) is 0 Å². The summed E-state index contributed by atoms with van der Waals surface area (Å²) in [7, 11) is 0. The Labute approximate surface area is 140 Å². The van der Waals surface area contributed by atoms with E-state index in [4.69, 9.17) is 4.99 Å². The lowest BCUT2D eigenvalue weighted by atomic mass is 10.1. The van der Waals surface area contributed by atoms with Crippen LogP contribution >= 0.6 is 0 Å². The zero-order chi connectivity index (χ0) is 16.5. The number of hydrogen-bond acceptors (Lipinski definition) is 1. The molecule has 0 aromatic heterocycles. The van der Waals surface area contributed by atoms with Gasteiger partial charge >= 0.3 is 0 Å². The van der Waals surface area contributed by atoms with Gasteiger partial charge in [-0.1, -0.05) is 72.6 Å². The minimum absolute atomic E-state index is 1.02. The van der Waals surface area contributed by atoms with E-state index in [1.54, 1.807) is 0 Å². The lowest BCUT2D eigenvalue weighted by Gasteiger charge is -2.27. The summed E-state index contributed by atoms with van der Waals surface area (Å²) in [5, 5.41) is 0. The quantitative estimate of drug-likeness (QED) is 0.193. The van der Waals surface area contributed by atoms with Crippen molar-refractivity contribution < 1.29 is 0 Å². The van der Waals surface area contributed by atoms with Gasteiger partial charge in [-0.3, -0.25) is 4.99 Å². The largest absolute Gasteiger partial charge is 0.360 e. The van der Waals surface area contributed by atoms with Crippen LogP contribution < -0.4 is 0 Å². The van der Waals surface area contributed by atoms with Crippen molar-refractivity contribution in [3.8, 4) is 0 Å². The van der Waals surface area contributed by atoms with Gasteiger partial charge in [0.15, 0.2) is 0 Å². The van der Waals surface area contributed by atoms with Crippen molar-refractivity contribution in [2.24, 2.45) is 4.99 Å². The summed E-state index contributed by atoms with van der Waals surface area (Å²) in [6, 6.07) is 0. The predicted octanol–water partition coefficient (Wildman–Crippen LogP) is 6.45. The molecule has 0 unspecified atom stereocenters. The Kier molecular flexibility index (Phi) is 16.4. The topological polar surface area (TPSA) is 15.6 Å². The van der Waals surface area contributed by atoms with Gasteiger partial charge in [-0.2, -0.15) is 0 Å². The van der Waals surface area contributed by atoms with Crippen molar-refractivity contribution in [3.63, 3.8) is 0 Å². The molecule has 0 aromatic carbocycles. The van der Waals surface area contributed by atoms with E-state index in [0.717, 1.165) is 6.54 Å². The van der Waals surface area contributed by atoms with Crippen LogP contribution in [-0.2, 0) is 0 Å². The van der Waals surface area contributed by atoms with Gasteiger partial charge in [-0.05, 0) is 25.7 Å². The molecule has 2 heteroatoms. The molecular formula is C20H42N2. The number of rotatable bonds is 15. The van der Waals surface area contributed by atoms with Gasteiger partial charge in [-0.15, -0.1) is 0 Å². The smallest absolute Gasteiger partial charge is 0.0988 e.